The second kappa shape index (κ2) is 9.26. The maximum absolute atomic E-state index is 12.0. The number of carbonyl (C=O) groups is 1. The topological polar surface area (TPSA) is 26.3 Å². The SMILES string of the molecule is C/C=C\C[Si](OC(C=O)c1ccccc1)(c1ccccc1)c1ccccc1. The molecular weight excluding hydrogens is 348 g/mol. The fourth-order valence-corrected chi connectivity index (χ4v) is 7.15. The van der Waals surface area contributed by atoms with Gasteiger partial charge in [0.15, 0.2) is 6.29 Å². The lowest BCUT2D eigenvalue weighted by Crippen LogP contribution is -2.61. The zero-order valence-electron chi connectivity index (χ0n) is 15.5. The van der Waals surface area contributed by atoms with Gasteiger partial charge in [-0.05, 0) is 28.9 Å². The van der Waals surface area contributed by atoms with E-state index < -0.39 is 14.4 Å². The molecule has 3 rings (SSSR count). The van der Waals surface area contributed by atoms with Gasteiger partial charge >= 0.3 is 0 Å². The monoisotopic (exact) mass is 372 g/mol. The van der Waals surface area contributed by atoms with Gasteiger partial charge in [-0.3, -0.25) is 0 Å². The number of allylic oxidation sites excluding steroid dienone is 2. The average Bonchev–Trinajstić information content (AvgIpc) is 2.76. The molecule has 0 aliphatic rings. The third kappa shape index (κ3) is 4.33. The Balaban J connectivity index is 2.14. The normalized spacial score (nSPS) is 12.8. The van der Waals surface area contributed by atoms with Crippen LogP contribution in [0.3, 0.4) is 0 Å². The molecule has 27 heavy (non-hydrogen) atoms. The third-order valence-electron chi connectivity index (χ3n) is 4.70. The lowest BCUT2D eigenvalue weighted by atomic mass is 10.1. The lowest BCUT2D eigenvalue weighted by Gasteiger charge is -2.34. The van der Waals surface area contributed by atoms with Crippen molar-refractivity contribution in [3.8, 4) is 0 Å². The maximum atomic E-state index is 12.0. The summed E-state index contributed by atoms with van der Waals surface area (Å²) in [7, 11) is -2.65. The second-order valence-corrected chi connectivity index (χ2v) is 9.87. The molecule has 0 aliphatic carbocycles. The summed E-state index contributed by atoms with van der Waals surface area (Å²) in [6, 6.07) is 31.2. The molecule has 1 unspecified atom stereocenters. The van der Waals surface area contributed by atoms with Crippen LogP contribution >= 0.6 is 0 Å². The third-order valence-corrected chi connectivity index (χ3v) is 8.70. The van der Waals surface area contributed by atoms with Crippen molar-refractivity contribution < 1.29 is 9.22 Å². The summed E-state index contributed by atoms with van der Waals surface area (Å²) >= 11 is 0. The minimum atomic E-state index is -2.65. The Morgan fingerprint density at radius 3 is 1.74 bits per heavy atom. The van der Waals surface area contributed by atoms with E-state index in [0.717, 1.165) is 28.3 Å². The van der Waals surface area contributed by atoms with Gasteiger partial charge in [0, 0.05) is 0 Å². The fourth-order valence-electron chi connectivity index (χ4n) is 3.32. The molecule has 2 nitrogen and oxygen atoms in total. The molecular formula is C24H24O2Si. The molecule has 1 atom stereocenters. The molecule has 0 radical (unpaired) electrons. The van der Waals surface area contributed by atoms with Crippen LogP contribution < -0.4 is 10.4 Å². The van der Waals surface area contributed by atoms with Crippen LogP contribution in [0.2, 0.25) is 6.04 Å². The average molecular weight is 373 g/mol. The predicted octanol–water partition coefficient (Wildman–Crippen LogP) is 4.28. The fraction of sp³-hybridized carbons (Fsp3) is 0.125. The van der Waals surface area contributed by atoms with E-state index in [9.17, 15) is 4.79 Å². The van der Waals surface area contributed by atoms with Gasteiger partial charge in [-0.1, -0.05) is 103 Å². The van der Waals surface area contributed by atoms with E-state index in [0.29, 0.717) is 0 Å². The Labute approximate surface area is 162 Å². The summed E-state index contributed by atoms with van der Waals surface area (Å²) in [5, 5.41) is 2.33. The minimum Gasteiger partial charge on any atom is -0.394 e. The zero-order valence-corrected chi connectivity index (χ0v) is 16.5. The Kier molecular flexibility index (Phi) is 6.52. The van der Waals surface area contributed by atoms with E-state index in [1.54, 1.807) is 0 Å². The molecule has 0 spiro atoms. The number of aldehydes is 1. The van der Waals surface area contributed by atoms with Crippen LogP contribution in [0, 0.1) is 0 Å². The first-order chi connectivity index (χ1) is 13.3. The van der Waals surface area contributed by atoms with Gasteiger partial charge in [0.05, 0.1) is 0 Å². The molecule has 0 heterocycles. The summed E-state index contributed by atoms with van der Waals surface area (Å²) in [4.78, 5) is 12.0. The Morgan fingerprint density at radius 1 is 0.815 bits per heavy atom. The van der Waals surface area contributed by atoms with Gasteiger partial charge in [0.25, 0.3) is 8.32 Å². The van der Waals surface area contributed by atoms with Crippen LogP contribution in [0.1, 0.15) is 18.6 Å². The van der Waals surface area contributed by atoms with Crippen molar-refractivity contribution >= 4 is 25.0 Å². The Morgan fingerprint density at radius 2 is 1.30 bits per heavy atom. The molecule has 0 aliphatic heterocycles. The van der Waals surface area contributed by atoms with Crippen molar-refractivity contribution in [1.29, 1.82) is 0 Å². The Bertz CT molecular complexity index is 821. The largest absolute Gasteiger partial charge is 0.394 e. The highest BCUT2D eigenvalue weighted by Crippen LogP contribution is 2.24. The standard InChI is InChI=1S/C24H24O2Si/c1-2-3-19-27(22-15-9-5-10-16-22,23-17-11-6-12-18-23)26-24(20-25)21-13-7-4-8-14-21/h2-18,20,24H,19H2,1H3/b3-2-. The van der Waals surface area contributed by atoms with E-state index in [1.165, 1.54) is 0 Å². The van der Waals surface area contributed by atoms with E-state index in [-0.39, 0.29) is 0 Å². The molecule has 0 saturated carbocycles. The van der Waals surface area contributed by atoms with Crippen molar-refractivity contribution in [1.82, 2.24) is 0 Å². The highest BCUT2D eigenvalue weighted by molar-refractivity contribution is 6.97. The van der Waals surface area contributed by atoms with Crippen LogP contribution in [-0.4, -0.2) is 14.6 Å². The molecule has 0 amide bonds. The predicted molar refractivity (Wildman–Crippen MR) is 114 cm³/mol. The van der Waals surface area contributed by atoms with Crippen LogP contribution in [0.15, 0.2) is 103 Å². The number of hydrogen-bond acceptors (Lipinski definition) is 2. The first kappa shape index (κ1) is 19.0. The first-order valence-corrected chi connectivity index (χ1v) is 11.3. The molecule has 0 N–H and O–H groups in total. The summed E-state index contributed by atoms with van der Waals surface area (Å²) < 4.78 is 6.77. The summed E-state index contributed by atoms with van der Waals surface area (Å²) in [6.07, 6.45) is 4.52. The van der Waals surface area contributed by atoms with Crippen LogP contribution in [-0.2, 0) is 9.22 Å². The van der Waals surface area contributed by atoms with Crippen LogP contribution in [0.25, 0.3) is 0 Å². The highest BCUT2D eigenvalue weighted by atomic mass is 28.4. The molecule has 0 aromatic heterocycles. The van der Waals surface area contributed by atoms with Crippen molar-refractivity contribution in [2.45, 2.75) is 19.1 Å². The Hall–Kier alpha value is -2.75. The van der Waals surface area contributed by atoms with Gasteiger partial charge in [-0.2, -0.15) is 0 Å². The maximum Gasteiger partial charge on any atom is 0.260 e. The lowest BCUT2D eigenvalue weighted by molar-refractivity contribution is -0.114. The van der Waals surface area contributed by atoms with E-state index >= 15 is 0 Å². The van der Waals surface area contributed by atoms with Crippen molar-refractivity contribution in [3.63, 3.8) is 0 Å². The smallest absolute Gasteiger partial charge is 0.260 e. The van der Waals surface area contributed by atoms with E-state index in [4.69, 9.17) is 4.43 Å². The number of benzene rings is 3. The van der Waals surface area contributed by atoms with Crippen molar-refractivity contribution in [3.05, 3.63) is 109 Å². The summed E-state index contributed by atoms with van der Waals surface area (Å²) in [5.74, 6) is 0. The minimum absolute atomic E-state index is 0.594. The highest BCUT2D eigenvalue weighted by Gasteiger charge is 2.41. The number of hydrogen-bond donors (Lipinski definition) is 0. The van der Waals surface area contributed by atoms with Gasteiger partial charge in [-0.25, -0.2) is 0 Å². The van der Waals surface area contributed by atoms with Gasteiger partial charge in [-0.15, -0.1) is 0 Å². The zero-order chi connectivity index (χ0) is 19.0. The quantitative estimate of drug-likeness (QED) is 0.335. The van der Waals surface area contributed by atoms with E-state index in [1.807, 2.05) is 73.7 Å². The summed E-state index contributed by atoms with van der Waals surface area (Å²) in [6.45, 7) is 2.02. The molecule has 136 valence electrons. The second-order valence-electron chi connectivity index (χ2n) is 6.42. The van der Waals surface area contributed by atoms with Gasteiger partial charge < -0.3 is 9.22 Å². The van der Waals surface area contributed by atoms with Crippen LogP contribution in [0.4, 0.5) is 0 Å². The summed E-state index contributed by atoms with van der Waals surface area (Å²) in [5.41, 5.74) is 0.886. The molecule has 3 heteroatoms. The molecule has 3 aromatic rings. The van der Waals surface area contributed by atoms with Crippen molar-refractivity contribution in [2.75, 3.05) is 0 Å². The molecule has 0 fully saturated rings. The van der Waals surface area contributed by atoms with Gasteiger partial charge in [0.1, 0.15) is 6.10 Å². The van der Waals surface area contributed by atoms with Gasteiger partial charge in [0.2, 0.25) is 0 Å². The first-order valence-electron chi connectivity index (χ1n) is 9.20. The number of rotatable bonds is 8. The molecule has 0 bridgehead atoms. The van der Waals surface area contributed by atoms with Crippen LogP contribution in [0.5, 0.6) is 0 Å². The molecule has 3 aromatic carbocycles. The molecule has 0 saturated heterocycles. The van der Waals surface area contributed by atoms with E-state index in [2.05, 4.69) is 36.4 Å². The number of carbonyl (C=O) groups excluding carboxylic acids is 1. The van der Waals surface area contributed by atoms with Crippen molar-refractivity contribution in [2.24, 2.45) is 0 Å².